The number of hydrogen-bond donors (Lipinski definition) is 5. The lowest BCUT2D eigenvalue weighted by molar-refractivity contribution is 0.0985. The highest BCUT2D eigenvalue weighted by atomic mass is 35.5. The number of rotatable bonds is 7. The zero-order chi connectivity index (χ0) is 25.1. The lowest BCUT2D eigenvalue weighted by Crippen LogP contribution is -2.30. The van der Waals surface area contributed by atoms with Gasteiger partial charge in [-0.2, -0.15) is 0 Å². The number of carbonyl (C=O) groups is 2. The maximum atomic E-state index is 12.9. The zero-order valence-corrected chi connectivity index (χ0v) is 21.5. The Balaban J connectivity index is 0.00000320. The van der Waals surface area contributed by atoms with Gasteiger partial charge in [-0.1, -0.05) is 17.7 Å². The standard InChI is InChI=1S/C26H29N7O3.ClH/c1-15-3-5-19(16(2)11-15)30-24(34)22-23(29-14-28-22)25(35)33-26-31-20-6-4-18(12-21(20)32-26)36-13-17-7-9-27-10-8-17;/h3-6,11-12,14,17,27H,7-10,13H2,1-2H3,(H,28,29)(H,30,34)(H2,31,32,33,35);1H. The minimum atomic E-state index is -0.528. The summed E-state index contributed by atoms with van der Waals surface area (Å²) >= 11 is 0. The summed E-state index contributed by atoms with van der Waals surface area (Å²) in [6, 6.07) is 11.3. The molecule has 194 valence electrons. The Hall–Kier alpha value is -3.89. The summed E-state index contributed by atoms with van der Waals surface area (Å²) < 4.78 is 5.99. The molecule has 0 aliphatic carbocycles. The van der Waals surface area contributed by atoms with Crippen LogP contribution in [0.15, 0.2) is 42.7 Å². The van der Waals surface area contributed by atoms with Crippen molar-refractivity contribution in [3.8, 4) is 5.75 Å². The first-order chi connectivity index (χ1) is 17.5. The Morgan fingerprint density at radius 1 is 1.05 bits per heavy atom. The van der Waals surface area contributed by atoms with Crippen molar-refractivity contribution in [2.75, 3.05) is 30.3 Å². The van der Waals surface area contributed by atoms with Crippen LogP contribution in [0.1, 0.15) is 44.9 Å². The Kier molecular flexibility index (Phi) is 8.10. The molecule has 1 fully saturated rings. The molecule has 4 aromatic rings. The minimum Gasteiger partial charge on any atom is -0.493 e. The van der Waals surface area contributed by atoms with Gasteiger partial charge < -0.3 is 25.3 Å². The quantitative estimate of drug-likeness (QED) is 0.246. The number of imidazole rings is 2. The molecule has 0 saturated carbocycles. The summed E-state index contributed by atoms with van der Waals surface area (Å²) in [7, 11) is 0. The fraction of sp³-hybridized carbons (Fsp3) is 0.308. The van der Waals surface area contributed by atoms with Crippen molar-refractivity contribution in [3.05, 3.63) is 65.2 Å². The van der Waals surface area contributed by atoms with Crippen molar-refractivity contribution in [2.24, 2.45) is 5.92 Å². The molecule has 0 bridgehead atoms. The van der Waals surface area contributed by atoms with Crippen LogP contribution in [0.5, 0.6) is 5.75 Å². The molecular formula is C26H30ClN7O3. The number of amides is 2. The van der Waals surface area contributed by atoms with Crippen molar-refractivity contribution in [1.29, 1.82) is 0 Å². The second-order valence-electron chi connectivity index (χ2n) is 9.12. The van der Waals surface area contributed by atoms with Crippen LogP contribution >= 0.6 is 12.4 Å². The largest absolute Gasteiger partial charge is 0.493 e. The third-order valence-electron chi connectivity index (χ3n) is 6.34. The number of nitrogens with zero attached hydrogens (tertiary/aromatic N) is 2. The Bertz CT molecular complexity index is 1410. The molecule has 1 saturated heterocycles. The predicted molar refractivity (Wildman–Crippen MR) is 145 cm³/mol. The highest BCUT2D eigenvalue weighted by Gasteiger charge is 2.22. The molecule has 2 aromatic heterocycles. The number of carbonyl (C=O) groups excluding carboxylic acids is 2. The Morgan fingerprint density at radius 2 is 1.86 bits per heavy atom. The number of H-pyrrole nitrogens is 2. The van der Waals surface area contributed by atoms with Gasteiger partial charge in [-0.25, -0.2) is 9.97 Å². The van der Waals surface area contributed by atoms with E-state index in [0.717, 1.165) is 48.3 Å². The SMILES string of the molecule is Cc1ccc(NC(=O)c2nc[nH]c2C(=O)Nc2nc3ccc(OCC4CCNCC4)cc3[nH]2)c(C)c1.Cl. The highest BCUT2D eigenvalue weighted by Crippen LogP contribution is 2.23. The summed E-state index contributed by atoms with van der Waals surface area (Å²) in [6.07, 6.45) is 3.54. The van der Waals surface area contributed by atoms with Crippen LogP contribution < -0.4 is 20.7 Å². The van der Waals surface area contributed by atoms with Crippen LogP contribution in [-0.4, -0.2) is 51.4 Å². The Labute approximate surface area is 220 Å². The first kappa shape index (κ1) is 26.2. The molecule has 0 unspecified atom stereocenters. The topological polar surface area (TPSA) is 137 Å². The van der Waals surface area contributed by atoms with Gasteiger partial charge >= 0.3 is 0 Å². The summed E-state index contributed by atoms with van der Waals surface area (Å²) in [4.78, 5) is 40.1. The molecule has 3 heterocycles. The van der Waals surface area contributed by atoms with Crippen molar-refractivity contribution >= 4 is 46.9 Å². The van der Waals surface area contributed by atoms with Gasteiger partial charge in [-0.15, -0.1) is 12.4 Å². The van der Waals surface area contributed by atoms with Gasteiger partial charge in [0.15, 0.2) is 5.69 Å². The third kappa shape index (κ3) is 6.10. The summed E-state index contributed by atoms with van der Waals surface area (Å²) in [5.41, 5.74) is 4.15. The van der Waals surface area contributed by atoms with E-state index in [9.17, 15) is 9.59 Å². The number of aromatic nitrogens is 4. The first-order valence-corrected chi connectivity index (χ1v) is 12.0. The molecule has 1 aliphatic heterocycles. The number of aromatic amines is 2. The summed E-state index contributed by atoms with van der Waals surface area (Å²) in [5, 5.41) is 8.89. The maximum absolute atomic E-state index is 12.9. The molecule has 2 aromatic carbocycles. The minimum absolute atomic E-state index is 0. The van der Waals surface area contributed by atoms with Gasteiger partial charge in [0, 0.05) is 11.8 Å². The molecular weight excluding hydrogens is 494 g/mol. The second-order valence-corrected chi connectivity index (χ2v) is 9.12. The van der Waals surface area contributed by atoms with Gasteiger partial charge in [0.1, 0.15) is 11.4 Å². The number of fused-ring (bicyclic) bond motifs is 1. The maximum Gasteiger partial charge on any atom is 0.276 e. The molecule has 37 heavy (non-hydrogen) atoms. The third-order valence-corrected chi connectivity index (χ3v) is 6.34. The number of nitrogens with one attached hydrogen (secondary N) is 5. The lowest BCUT2D eigenvalue weighted by Gasteiger charge is -2.22. The molecule has 5 N–H and O–H groups in total. The zero-order valence-electron chi connectivity index (χ0n) is 20.7. The Morgan fingerprint density at radius 3 is 2.65 bits per heavy atom. The molecule has 0 spiro atoms. The lowest BCUT2D eigenvalue weighted by atomic mass is 9.99. The van der Waals surface area contributed by atoms with Crippen molar-refractivity contribution < 1.29 is 14.3 Å². The van der Waals surface area contributed by atoms with E-state index in [1.165, 1.54) is 6.33 Å². The average molecular weight is 524 g/mol. The fourth-order valence-electron chi connectivity index (χ4n) is 4.35. The smallest absolute Gasteiger partial charge is 0.276 e. The molecule has 5 rings (SSSR count). The normalized spacial score (nSPS) is 13.7. The molecule has 1 aliphatic rings. The van der Waals surface area contributed by atoms with E-state index in [2.05, 4.69) is 35.9 Å². The van der Waals surface area contributed by atoms with Crippen molar-refractivity contribution in [1.82, 2.24) is 25.3 Å². The highest BCUT2D eigenvalue weighted by molar-refractivity contribution is 6.13. The van der Waals surface area contributed by atoms with Crippen LogP contribution in [0, 0.1) is 19.8 Å². The number of benzene rings is 2. The van der Waals surface area contributed by atoms with E-state index in [-0.39, 0.29) is 29.7 Å². The van der Waals surface area contributed by atoms with Gasteiger partial charge in [0.25, 0.3) is 11.8 Å². The summed E-state index contributed by atoms with van der Waals surface area (Å²) in [5.74, 6) is 0.560. The van der Waals surface area contributed by atoms with Gasteiger partial charge in [0.05, 0.1) is 24.0 Å². The van der Waals surface area contributed by atoms with Crippen LogP contribution in [0.25, 0.3) is 11.0 Å². The van der Waals surface area contributed by atoms with Crippen LogP contribution in [0.2, 0.25) is 0 Å². The number of hydrogen-bond acceptors (Lipinski definition) is 6. The van der Waals surface area contributed by atoms with Crippen molar-refractivity contribution in [3.63, 3.8) is 0 Å². The van der Waals surface area contributed by atoms with E-state index in [0.29, 0.717) is 23.7 Å². The van der Waals surface area contributed by atoms with E-state index in [1.54, 1.807) is 0 Å². The number of aryl methyl sites for hydroxylation is 2. The summed E-state index contributed by atoms with van der Waals surface area (Å²) in [6.45, 7) is 6.63. The average Bonchev–Trinajstić information content (AvgIpc) is 3.52. The monoisotopic (exact) mass is 523 g/mol. The van der Waals surface area contributed by atoms with E-state index in [1.807, 2.05) is 50.2 Å². The number of anilines is 2. The fourth-order valence-corrected chi connectivity index (χ4v) is 4.35. The van der Waals surface area contributed by atoms with Crippen LogP contribution in [-0.2, 0) is 0 Å². The number of piperidine rings is 1. The van der Waals surface area contributed by atoms with Gasteiger partial charge in [0.2, 0.25) is 5.95 Å². The van der Waals surface area contributed by atoms with Gasteiger partial charge in [-0.05, 0) is 69.5 Å². The first-order valence-electron chi connectivity index (χ1n) is 12.0. The van der Waals surface area contributed by atoms with Crippen molar-refractivity contribution in [2.45, 2.75) is 26.7 Å². The van der Waals surface area contributed by atoms with Crippen LogP contribution in [0.3, 0.4) is 0 Å². The van der Waals surface area contributed by atoms with Gasteiger partial charge in [-0.3, -0.25) is 14.9 Å². The molecule has 0 atom stereocenters. The number of halogens is 1. The van der Waals surface area contributed by atoms with Crippen LogP contribution in [0.4, 0.5) is 11.6 Å². The molecule has 2 amide bonds. The predicted octanol–water partition coefficient (Wildman–Crippen LogP) is 4.21. The molecule has 10 nitrogen and oxygen atoms in total. The number of ether oxygens (including phenoxy) is 1. The van der Waals surface area contributed by atoms with E-state index < -0.39 is 11.8 Å². The van der Waals surface area contributed by atoms with E-state index >= 15 is 0 Å². The second kappa shape index (κ2) is 11.4. The molecule has 11 heteroatoms. The molecule has 0 radical (unpaired) electrons. The van der Waals surface area contributed by atoms with E-state index in [4.69, 9.17) is 4.74 Å².